The van der Waals surface area contributed by atoms with Gasteiger partial charge >= 0.3 is 0 Å². The Bertz CT molecular complexity index is 617. The quantitative estimate of drug-likeness (QED) is 0.817. The third kappa shape index (κ3) is 3.30. The molecule has 19 heavy (non-hydrogen) atoms. The normalized spacial score (nSPS) is 18.9. The molecule has 1 fully saturated rings. The lowest BCUT2D eigenvalue weighted by molar-refractivity contribution is -0.119. The molecule has 2 N–H and O–H groups in total. The van der Waals surface area contributed by atoms with Crippen LogP contribution in [0.25, 0.3) is 0 Å². The van der Waals surface area contributed by atoms with Crippen LogP contribution in [0.5, 0.6) is 0 Å². The van der Waals surface area contributed by atoms with E-state index in [9.17, 15) is 13.2 Å². The maximum absolute atomic E-state index is 12.0. The highest BCUT2D eigenvalue weighted by Gasteiger charge is 2.23. The number of sulfonamides is 1. The van der Waals surface area contributed by atoms with Gasteiger partial charge in [0, 0.05) is 19.0 Å². The second-order valence-electron chi connectivity index (χ2n) is 4.29. The molecule has 0 spiro atoms. The molecule has 1 saturated heterocycles. The number of hydrogen-bond donors (Lipinski definition) is 2. The number of carbonyl (C=O) groups is 1. The van der Waals surface area contributed by atoms with Gasteiger partial charge in [-0.1, -0.05) is 0 Å². The van der Waals surface area contributed by atoms with Crippen molar-refractivity contribution in [1.82, 2.24) is 10.0 Å². The highest BCUT2D eigenvalue weighted by molar-refractivity contribution is 7.89. The molecule has 0 radical (unpaired) electrons. The van der Waals surface area contributed by atoms with Crippen molar-refractivity contribution in [3.63, 3.8) is 0 Å². The number of amides is 1. The Kier molecular flexibility index (Phi) is 3.83. The molecular weight excluding hydrogens is 266 g/mol. The fourth-order valence-corrected chi connectivity index (χ4v) is 2.91. The van der Waals surface area contributed by atoms with E-state index in [-0.39, 0.29) is 23.4 Å². The maximum Gasteiger partial charge on any atom is 0.240 e. The van der Waals surface area contributed by atoms with Gasteiger partial charge in [0.05, 0.1) is 16.5 Å². The van der Waals surface area contributed by atoms with Gasteiger partial charge in [-0.05, 0) is 30.7 Å². The molecule has 1 heterocycles. The van der Waals surface area contributed by atoms with Crippen molar-refractivity contribution in [1.29, 1.82) is 5.26 Å². The van der Waals surface area contributed by atoms with E-state index in [0.717, 1.165) is 0 Å². The molecule has 1 atom stereocenters. The zero-order valence-corrected chi connectivity index (χ0v) is 10.9. The van der Waals surface area contributed by atoms with Gasteiger partial charge in [-0.2, -0.15) is 5.26 Å². The Morgan fingerprint density at radius 1 is 1.37 bits per heavy atom. The van der Waals surface area contributed by atoms with E-state index in [4.69, 9.17) is 5.26 Å². The van der Waals surface area contributed by atoms with Crippen LogP contribution < -0.4 is 10.0 Å². The van der Waals surface area contributed by atoms with Crippen molar-refractivity contribution >= 4 is 15.9 Å². The van der Waals surface area contributed by atoms with Crippen LogP contribution in [-0.4, -0.2) is 26.9 Å². The Balaban J connectivity index is 2.01. The summed E-state index contributed by atoms with van der Waals surface area (Å²) in [7, 11) is -3.60. The first-order valence-corrected chi connectivity index (χ1v) is 7.29. The third-order valence-electron chi connectivity index (χ3n) is 2.90. The summed E-state index contributed by atoms with van der Waals surface area (Å²) in [5.41, 5.74) is 0.405. The Morgan fingerprint density at radius 2 is 2.05 bits per heavy atom. The molecule has 1 aromatic rings. The summed E-state index contributed by atoms with van der Waals surface area (Å²) in [4.78, 5) is 11.1. The summed E-state index contributed by atoms with van der Waals surface area (Å²) in [6.07, 6.45) is 1.07. The highest BCUT2D eigenvalue weighted by Crippen LogP contribution is 2.11. The van der Waals surface area contributed by atoms with Crippen LogP contribution in [0.4, 0.5) is 0 Å². The molecule has 1 unspecified atom stereocenters. The third-order valence-corrected chi connectivity index (χ3v) is 4.34. The van der Waals surface area contributed by atoms with Crippen LogP contribution in [0.1, 0.15) is 18.4 Å². The molecule has 2 rings (SSSR count). The number of nitriles is 1. The Morgan fingerprint density at radius 3 is 2.58 bits per heavy atom. The molecule has 1 aliphatic heterocycles. The molecule has 100 valence electrons. The minimum absolute atomic E-state index is 0.0532. The monoisotopic (exact) mass is 279 g/mol. The highest BCUT2D eigenvalue weighted by atomic mass is 32.2. The minimum Gasteiger partial charge on any atom is -0.352 e. The van der Waals surface area contributed by atoms with Crippen molar-refractivity contribution in [2.45, 2.75) is 23.8 Å². The lowest BCUT2D eigenvalue weighted by Crippen LogP contribution is -2.38. The minimum atomic E-state index is -3.60. The Hall–Kier alpha value is -1.91. The van der Waals surface area contributed by atoms with E-state index >= 15 is 0 Å². The molecule has 1 aliphatic rings. The van der Waals surface area contributed by atoms with Crippen LogP contribution in [0.2, 0.25) is 0 Å². The molecule has 7 heteroatoms. The summed E-state index contributed by atoms with van der Waals surface area (Å²) >= 11 is 0. The molecule has 0 saturated carbocycles. The second kappa shape index (κ2) is 5.38. The van der Waals surface area contributed by atoms with Gasteiger partial charge < -0.3 is 5.32 Å². The van der Waals surface area contributed by atoms with Crippen molar-refractivity contribution in [2.75, 3.05) is 6.54 Å². The van der Waals surface area contributed by atoms with Crippen LogP contribution in [0.3, 0.4) is 0 Å². The SMILES string of the molecule is N#Cc1ccc(S(=O)(=O)NCC2CCC(=O)N2)cc1. The molecule has 0 aliphatic carbocycles. The smallest absolute Gasteiger partial charge is 0.240 e. The number of carbonyl (C=O) groups excluding carboxylic acids is 1. The number of rotatable bonds is 4. The van der Waals surface area contributed by atoms with Gasteiger partial charge in [0.15, 0.2) is 0 Å². The number of benzene rings is 1. The molecule has 1 aromatic carbocycles. The molecule has 1 amide bonds. The summed E-state index contributed by atoms with van der Waals surface area (Å²) in [6, 6.07) is 7.44. The van der Waals surface area contributed by atoms with Gasteiger partial charge in [-0.15, -0.1) is 0 Å². The first kappa shape index (κ1) is 13.5. The van der Waals surface area contributed by atoms with Crippen molar-refractivity contribution in [3.05, 3.63) is 29.8 Å². The predicted octanol–water partition coefficient (Wildman–Crippen LogP) is 0.115. The van der Waals surface area contributed by atoms with E-state index in [2.05, 4.69) is 10.0 Å². The van der Waals surface area contributed by atoms with E-state index in [1.807, 2.05) is 6.07 Å². The first-order chi connectivity index (χ1) is 9.01. The average Bonchev–Trinajstić information content (AvgIpc) is 2.82. The van der Waals surface area contributed by atoms with Crippen molar-refractivity contribution in [3.8, 4) is 6.07 Å². The van der Waals surface area contributed by atoms with Gasteiger partial charge in [0.2, 0.25) is 15.9 Å². The number of nitrogens with zero attached hydrogens (tertiary/aromatic N) is 1. The van der Waals surface area contributed by atoms with Crippen LogP contribution in [0, 0.1) is 11.3 Å². The van der Waals surface area contributed by atoms with Crippen molar-refractivity contribution < 1.29 is 13.2 Å². The predicted molar refractivity (Wildman–Crippen MR) is 67.5 cm³/mol. The van der Waals surface area contributed by atoms with Gasteiger partial charge in [0.25, 0.3) is 0 Å². The van der Waals surface area contributed by atoms with Crippen LogP contribution in [-0.2, 0) is 14.8 Å². The van der Waals surface area contributed by atoms with E-state index < -0.39 is 10.0 Å². The summed E-state index contributed by atoms with van der Waals surface area (Å²) in [5, 5.41) is 11.3. The lowest BCUT2D eigenvalue weighted by Gasteiger charge is -2.11. The molecule has 0 bridgehead atoms. The average molecular weight is 279 g/mol. The largest absolute Gasteiger partial charge is 0.352 e. The van der Waals surface area contributed by atoms with E-state index in [1.54, 1.807) is 0 Å². The maximum atomic E-state index is 12.0. The van der Waals surface area contributed by atoms with Gasteiger partial charge in [-0.3, -0.25) is 4.79 Å². The zero-order valence-electron chi connectivity index (χ0n) is 10.1. The summed E-state index contributed by atoms with van der Waals surface area (Å²) in [5.74, 6) is -0.0532. The number of hydrogen-bond acceptors (Lipinski definition) is 4. The van der Waals surface area contributed by atoms with Crippen LogP contribution >= 0.6 is 0 Å². The van der Waals surface area contributed by atoms with Crippen LogP contribution in [0.15, 0.2) is 29.2 Å². The fraction of sp³-hybridized carbons (Fsp3) is 0.333. The molecular formula is C12H13N3O3S. The Labute approximate surface area is 111 Å². The molecule has 6 nitrogen and oxygen atoms in total. The van der Waals surface area contributed by atoms with Crippen molar-refractivity contribution in [2.24, 2.45) is 0 Å². The zero-order chi connectivity index (χ0) is 13.9. The number of nitrogens with one attached hydrogen (secondary N) is 2. The van der Waals surface area contributed by atoms with E-state index in [1.165, 1.54) is 24.3 Å². The summed E-state index contributed by atoms with van der Waals surface area (Å²) in [6.45, 7) is 0.175. The summed E-state index contributed by atoms with van der Waals surface area (Å²) < 4.78 is 26.4. The topological polar surface area (TPSA) is 99.1 Å². The first-order valence-electron chi connectivity index (χ1n) is 5.80. The van der Waals surface area contributed by atoms with Gasteiger partial charge in [-0.25, -0.2) is 13.1 Å². The lowest BCUT2D eigenvalue weighted by atomic mass is 10.2. The van der Waals surface area contributed by atoms with Gasteiger partial charge in [0.1, 0.15) is 0 Å². The molecule has 0 aromatic heterocycles. The fourth-order valence-electron chi connectivity index (χ4n) is 1.83. The standard InChI is InChI=1S/C12H13N3O3S/c13-7-9-1-4-11(5-2-9)19(17,18)14-8-10-3-6-12(16)15-10/h1-2,4-5,10,14H,3,6,8H2,(H,15,16). The second-order valence-corrected chi connectivity index (χ2v) is 6.06. The van der Waals surface area contributed by atoms with E-state index in [0.29, 0.717) is 18.4 Å².